The first-order valence-corrected chi connectivity index (χ1v) is 4.82. The minimum absolute atomic E-state index is 0. The standard InChI is InChI=1S/C9H8Cl2F3N.ClH/c10-6-2-1-5(3-7(6)11)8(15)4-9(12,13)14;/h1-3,8H,4,15H2;1H/t8-;/m0./s1. The van der Waals surface area contributed by atoms with E-state index in [1.165, 1.54) is 18.2 Å². The Hall–Kier alpha value is -0.160. The Morgan fingerprint density at radius 2 is 1.75 bits per heavy atom. The number of hydrogen-bond donors (Lipinski definition) is 1. The van der Waals surface area contributed by atoms with Gasteiger partial charge in [0.1, 0.15) is 0 Å². The molecule has 0 aliphatic heterocycles. The van der Waals surface area contributed by atoms with Crippen molar-refractivity contribution in [1.82, 2.24) is 0 Å². The van der Waals surface area contributed by atoms with Crippen LogP contribution in [0.2, 0.25) is 10.0 Å². The lowest BCUT2D eigenvalue weighted by Crippen LogP contribution is -2.20. The average molecular weight is 295 g/mol. The van der Waals surface area contributed by atoms with E-state index >= 15 is 0 Å². The number of alkyl halides is 3. The van der Waals surface area contributed by atoms with Crippen LogP contribution in [0.4, 0.5) is 13.2 Å². The molecule has 1 nitrogen and oxygen atoms in total. The minimum atomic E-state index is -4.29. The molecule has 0 aromatic heterocycles. The first-order chi connectivity index (χ1) is 6.79. The molecule has 92 valence electrons. The zero-order valence-electron chi connectivity index (χ0n) is 7.89. The summed E-state index contributed by atoms with van der Waals surface area (Å²) in [4.78, 5) is 0. The molecule has 0 saturated heterocycles. The van der Waals surface area contributed by atoms with E-state index in [1.807, 2.05) is 0 Å². The lowest BCUT2D eigenvalue weighted by molar-refractivity contribution is -0.138. The molecule has 0 bridgehead atoms. The summed E-state index contributed by atoms with van der Waals surface area (Å²) in [6.45, 7) is 0. The van der Waals surface area contributed by atoms with Gasteiger partial charge in [-0.1, -0.05) is 29.3 Å². The van der Waals surface area contributed by atoms with Crippen molar-refractivity contribution in [3.63, 3.8) is 0 Å². The summed E-state index contributed by atoms with van der Waals surface area (Å²) in [6.07, 6.45) is -5.36. The maximum absolute atomic E-state index is 12.0. The molecule has 0 fully saturated rings. The maximum atomic E-state index is 12.0. The second-order valence-corrected chi connectivity index (χ2v) is 3.91. The van der Waals surface area contributed by atoms with Gasteiger partial charge in [-0.3, -0.25) is 0 Å². The zero-order chi connectivity index (χ0) is 11.6. The molecule has 0 saturated carbocycles. The molecule has 0 amide bonds. The third-order valence-corrected chi connectivity index (χ3v) is 2.56. The molecule has 0 heterocycles. The molecule has 0 unspecified atom stereocenters. The summed E-state index contributed by atoms with van der Waals surface area (Å²) in [6, 6.07) is 3.10. The quantitative estimate of drug-likeness (QED) is 0.861. The van der Waals surface area contributed by atoms with Crippen LogP contribution in [0, 0.1) is 0 Å². The first kappa shape index (κ1) is 15.8. The van der Waals surface area contributed by atoms with E-state index in [0.29, 0.717) is 10.6 Å². The summed E-state index contributed by atoms with van der Waals surface area (Å²) in [5, 5.41) is 0.492. The van der Waals surface area contributed by atoms with Gasteiger partial charge in [0.05, 0.1) is 16.5 Å². The number of nitrogens with two attached hydrogens (primary N) is 1. The molecular formula is C9H9Cl3F3N. The molecule has 2 N–H and O–H groups in total. The molecule has 0 radical (unpaired) electrons. The lowest BCUT2D eigenvalue weighted by Gasteiger charge is -2.14. The molecule has 0 spiro atoms. The fourth-order valence-corrected chi connectivity index (χ4v) is 1.42. The monoisotopic (exact) mass is 293 g/mol. The largest absolute Gasteiger partial charge is 0.390 e. The van der Waals surface area contributed by atoms with Gasteiger partial charge in [0, 0.05) is 6.04 Å². The van der Waals surface area contributed by atoms with Gasteiger partial charge in [-0.05, 0) is 17.7 Å². The molecule has 1 aromatic rings. The van der Waals surface area contributed by atoms with E-state index in [2.05, 4.69) is 0 Å². The average Bonchev–Trinajstić information content (AvgIpc) is 2.06. The Morgan fingerprint density at radius 3 is 2.19 bits per heavy atom. The van der Waals surface area contributed by atoms with Gasteiger partial charge in [0.15, 0.2) is 0 Å². The van der Waals surface area contributed by atoms with Gasteiger partial charge < -0.3 is 5.73 Å². The summed E-state index contributed by atoms with van der Waals surface area (Å²) in [5.41, 5.74) is 5.70. The smallest absolute Gasteiger partial charge is 0.324 e. The third kappa shape index (κ3) is 4.78. The molecule has 1 rings (SSSR count). The summed E-state index contributed by atoms with van der Waals surface area (Å²) in [5.74, 6) is 0. The summed E-state index contributed by atoms with van der Waals surface area (Å²) < 4.78 is 36.1. The van der Waals surface area contributed by atoms with Crippen LogP contribution >= 0.6 is 35.6 Å². The van der Waals surface area contributed by atoms with Crippen LogP contribution < -0.4 is 5.73 Å². The fraction of sp³-hybridized carbons (Fsp3) is 0.333. The highest BCUT2D eigenvalue weighted by Gasteiger charge is 2.30. The Morgan fingerprint density at radius 1 is 1.19 bits per heavy atom. The van der Waals surface area contributed by atoms with Gasteiger partial charge in [-0.25, -0.2) is 0 Å². The summed E-state index contributed by atoms with van der Waals surface area (Å²) in [7, 11) is 0. The van der Waals surface area contributed by atoms with Crippen molar-refractivity contribution >= 4 is 35.6 Å². The van der Waals surface area contributed by atoms with Crippen molar-refractivity contribution in [3.05, 3.63) is 33.8 Å². The van der Waals surface area contributed by atoms with E-state index in [-0.39, 0.29) is 17.4 Å². The van der Waals surface area contributed by atoms with Crippen molar-refractivity contribution < 1.29 is 13.2 Å². The third-order valence-electron chi connectivity index (χ3n) is 1.82. The molecule has 0 aliphatic rings. The van der Waals surface area contributed by atoms with Gasteiger partial charge in [-0.15, -0.1) is 12.4 Å². The number of benzene rings is 1. The van der Waals surface area contributed by atoms with Gasteiger partial charge >= 0.3 is 6.18 Å². The van der Waals surface area contributed by atoms with Crippen LogP contribution in [0.5, 0.6) is 0 Å². The number of hydrogen-bond acceptors (Lipinski definition) is 1. The molecule has 1 atom stereocenters. The van der Waals surface area contributed by atoms with Crippen molar-refractivity contribution in [2.45, 2.75) is 18.6 Å². The van der Waals surface area contributed by atoms with Crippen LogP contribution in [0.1, 0.15) is 18.0 Å². The molecule has 0 aliphatic carbocycles. The van der Waals surface area contributed by atoms with Crippen molar-refractivity contribution in [1.29, 1.82) is 0 Å². The Kier molecular flexibility index (Phi) is 5.90. The van der Waals surface area contributed by atoms with E-state index in [9.17, 15) is 13.2 Å². The predicted octanol–water partition coefficient (Wildman–Crippen LogP) is 4.37. The van der Waals surface area contributed by atoms with Gasteiger partial charge in [0.25, 0.3) is 0 Å². The van der Waals surface area contributed by atoms with Crippen molar-refractivity contribution in [2.24, 2.45) is 5.73 Å². The highest BCUT2D eigenvalue weighted by atomic mass is 35.5. The van der Waals surface area contributed by atoms with E-state index in [0.717, 1.165) is 0 Å². The van der Waals surface area contributed by atoms with Crippen molar-refractivity contribution in [3.8, 4) is 0 Å². The normalized spacial score (nSPS) is 13.1. The molecular weight excluding hydrogens is 285 g/mol. The fourth-order valence-electron chi connectivity index (χ4n) is 1.11. The minimum Gasteiger partial charge on any atom is -0.324 e. The zero-order valence-corrected chi connectivity index (χ0v) is 10.2. The lowest BCUT2D eigenvalue weighted by atomic mass is 10.0. The van der Waals surface area contributed by atoms with E-state index in [4.69, 9.17) is 28.9 Å². The molecule has 16 heavy (non-hydrogen) atoms. The van der Waals surface area contributed by atoms with Crippen LogP contribution in [0.3, 0.4) is 0 Å². The Balaban J connectivity index is 0.00000225. The van der Waals surface area contributed by atoms with Gasteiger partial charge in [-0.2, -0.15) is 13.2 Å². The summed E-state index contributed by atoms with van der Waals surface area (Å²) >= 11 is 11.3. The maximum Gasteiger partial charge on any atom is 0.390 e. The predicted molar refractivity (Wildman–Crippen MR) is 61.3 cm³/mol. The Labute approximate surface area is 107 Å². The SMILES string of the molecule is Cl.N[C@@H](CC(F)(F)F)c1ccc(Cl)c(Cl)c1. The molecule has 1 aromatic carbocycles. The highest BCUT2D eigenvalue weighted by Crippen LogP contribution is 2.30. The highest BCUT2D eigenvalue weighted by molar-refractivity contribution is 6.42. The topological polar surface area (TPSA) is 26.0 Å². The second kappa shape index (κ2) is 5.96. The number of rotatable bonds is 2. The van der Waals surface area contributed by atoms with Crippen LogP contribution in [0.25, 0.3) is 0 Å². The Bertz CT molecular complexity index is 354. The van der Waals surface area contributed by atoms with E-state index < -0.39 is 18.6 Å². The number of halogens is 6. The van der Waals surface area contributed by atoms with Crippen LogP contribution in [-0.4, -0.2) is 6.18 Å². The van der Waals surface area contributed by atoms with Gasteiger partial charge in [0.2, 0.25) is 0 Å². The first-order valence-electron chi connectivity index (χ1n) is 4.07. The second-order valence-electron chi connectivity index (χ2n) is 3.10. The van der Waals surface area contributed by atoms with Crippen LogP contribution in [-0.2, 0) is 0 Å². The van der Waals surface area contributed by atoms with E-state index in [1.54, 1.807) is 0 Å². The molecule has 7 heteroatoms. The van der Waals surface area contributed by atoms with Crippen molar-refractivity contribution in [2.75, 3.05) is 0 Å². The van der Waals surface area contributed by atoms with Crippen LogP contribution in [0.15, 0.2) is 18.2 Å².